The molecule has 1 heterocycles. The minimum absolute atomic E-state index is 0.245. The summed E-state index contributed by atoms with van der Waals surface area (Å²) in [5.74, 6) is 0.403. The average Bonchev–Trinajstić information content (AvgIpc) is 2.30. The molecule has 3 heteroatoms. The maximum atomic E-state index is 12.6. The highest BCUT2D eigenvalue weighted by Gasteiger charge is 1.91. The molecule has 1 aromatic heterocycles. The van der Waals surface area contributed by atoms with Crippen LogP contribution in [0.15, 0.2) is 47.6 Å². The van der Waals surface area contributed by atoms with Gasteiger partial charge >= 0.3 is 0 Å². The fraction of sp³-hybridized carbons (Fsp3) is 0.0769. The molecule has 0 atom stereocenters. The van der Waals surface area contributed by atoms with E-state index in [4.69, 9.17) is 0 Å². The molecule has 2 nitrogen and oxygen atoms in total. The Morgan fingerprint density at radius 1 is 1.12 bits per heavy atom. The predicted molar refractivity (Wildman–Crippen MR) is 62.6 cm³/mol. The largest absolute Gasteiger partial charge is 0.237 e. The summed E-state index contributed by atoms with van der Waals surface area (Å²) < 4.78 is 12.6. The first-order valence-electron chi connectivity index (χ1n) is 4.96. The average molecular weight is 214 g/mol. The van der Waals surface area contributed by atoms with Gasteiger partial charge in [-0.25, -0.2) is 14.4 Å². The van der Waals surface area contributed by atoms with E-state index in [0.717, 1.165) is 11.1 Å². The SMILES string of the molecule is Cc1ccc(N=Cc2ccc(F)cc2)nc1. The molecule has 0 fully saturated rings. The Kier molecular flexibility index (Phi) is 3.05. The van der Waals surface area contributed by atoms with E-state index in [-0.39, 0.29) is 5.82 Å². The second-order valence-electron chi connectivity index (χ2n) is 3.50. The van der Waals surface area contributed by atoms with Crippen molar-refractivity contribution >= 4 is 12.0 Å². The topological polar surface area (TPSA) is 25.2 Å². The summed E-state index contributed by atoms with van der Waals surface area (Å²) in [7, 11) is 0. The third-order valence-corrected chi connectivity index (χ3v) is 2.11. The van der Waals surface area contributed by atoms with Gasteiger partial charge in [0.2, 0.25) is 0 Å². The normalized spacial score (nSPS) is 10.9. The van der Waals surface area contributed by atoms with Crippen molar-refractivity contribution in [2.45, 2.75) is 6.92 Å². The van der Waals surface area contributed by atoms with Gasteiger partial charge in [0.25, 0.3) is 0 Å². The van der Waals surface area contributed by atoms with E-state index in [1.807, 2.05) is 19.1 Å². The molecule has 0 radical (unpaired) electrons. The lowest BCUT2D eigenvalue weighted by atomic mass is 10.2. The fourth-order valence-corrected chi connectivity index (χ4v) is 1.23. The molecular formula is C13H11FN2. The Morgan fingerprint density at radius 3 is 2.50 bits per heavy atom. The molecule has 2 aromatic rings. The fourth-order valence-electron chi connectivity index (χ4n) is 1.23. The summed E-state index contributed by atoms with van der Waals surface area (Å²) in [6.45, 7) is 1.97. The van der Waals surface area contributed by atoms with Gasteiger partial charge in [-0.2, -0.15) is 0 Å². The van der Waals surface area contributed by atoms with Crippen LogP contribution in [0, 0.1) is 12.7 Å². The van der Waals surface area contributed by atoms with Crippen LogP contribution in [0.3, 0.4) is 0 Å². The van der Waals surface area contributed by atoms with Crippen molar-refractivity contribution in [3.05, 3.63) is 59.5 Å². The Hall–Kier alpha value is -2.03. The van der Waals surface area contributed by atoms with Crippen molar-refractivity contribution in [2.24, 2.45) is 4.99 Å². The first-order valence-corrected chi connectivity index (χ1v) is 4.96. The van der Waals surface area contributed by atoms with E-state index in [9.17, 15) is 4.39 Å². The van der Waals surface area contributed by atoms with Gasteiger partial charge in [0.15, 0.2) is 5.82 Å². The molecule has 0 aliphatic rings. The molecule has 0 saturated carbocycles. The number of halogens is 1. The van der Waals surface area contributed by atoms with Crippen LogP contribution in [0.2, 0.25) is 0 Å². The highest BCUT2D eigenvalue weighted by molar-refractivity contribution is 5.81. The lowest BCUT2D eigenvalue weighted by Crippen LogP contribution is -1.82. The molecule has 0 bridgehead atoms. The van der Waals surface area contributed by atoms with Crippen LogP contribution < -0.4 is 0 Å². The molecule has 0 N–H and O–H groups in total. The number of aliphatic imine (C=N–C) groups is 1. The molecule has 0 spiro atoms. The number of hydrogen-bond acceptors (Lipinski definition) is 2. The zero-order valence-electron chi connectivity index (χ0n) is 8.89. The van der Waals surface area contributed by atoms with E-state index in [0.29, 0.717) is 5.82 Å². The monoisotopic (exact) mass is 214 g/mol. The number of aryl methyl sites for hydroxylation is 1. The second-order valence-corrected chi connectivity index (χ2v) is 3.50. The minimum atomic E-state index is -0.245. The maximum Gasteiger partial charge on any atom is 0.151 e. The van der Waals surface area contributed by atoms with Gasteiger partial charge in [0, 0.05) is 12.4 Å². The van der Waals surface area contributed by atoms with Crippen LogP contribution in [0.1, 0.15) is 11.1 Å². The van der Waals surface area contributed by atoms with Gasteiger partial charge in [-0.1, -0.05) is 18.2 Å². The number of rotatable bonds is 2. The third-order valence-electron chi connectivity index (χ3n) is 2.11. The van der Waals surface area contributed by atoms with Gasteiger partial charge in [-0.05, 0) is 36.2 Å². The van der Waals surface area contributed by atoms with Crippen LogP contribution in [-0.4, -0.2) is 11.2 Å². The molecule has 2 rings (SSSR count). The lowest BCUT2D eigenvalue weighted by molar-refractivity contribution is 0.628. The zero-order valence-corrected chi connectivity index (χ0v) is 8.89. The summed E-state index contributed by atoms with van der Waals surface area (Å²) in [5, 5.41) is 0. The van der Waals surface area contributed by atoms with Gasteiger partial charge in [-0.3, -0.25) is 0 Å². The number of aromatic nitrogens is 1. The highest BCUT2D eigenvalue weighted by atomic mass is 19.1. The molecule has 0 unspecified atom stereocenters. The van der Waals surface area contributed by atoms with Crippen molar-refractivity contribution in [3.8, 4) is 0 Å². The molecule has 80 valence electrons. The van der Waals surface area contributed by atoms with Crippen LogP contribution in [-0.2, 0) is 0 Å². The Balaban J connectivity index is 2.15. The third kappa shape index (κ3) is 2.73. The van der Waals surface area contributed by atoms with Crippen molar-refractivity contribution in [1.82, 2.24) is 4.98 Å². The van der Waals surface area contributed by atoms with Gasteiger partial charge in [-0.15, -0.1) is 0 Å². The van der Waals surface area contributed by atoms with E-state index < -0.39 is 0 Å². The molecule has 16 heavy (non-hydrogen) atoms. The van der Waals surface area contributed by atoms with Gasteiger partial charge in [0.1, 0.15) is 5.82 Å². The van der Waals surface area contributed by atoms with Crippen LogP contribution in [0.4, 0.5) is 10.2 Å². The molecule has 0 aliphatic heterocycles. The van der Waals surface area contributed by atoms with Crippen molar-refractivity contribution in [1.29, 1.82) is 0 Å². The van der Waals surface area contributed by atoms with E-state index in [2.05, 4.69) is 9.98 Å². The number of nitrogens with zero attached hydrogens (tertiary/aromatic N) is 2. The van der Waals surface area contributed by atoms with E-state index >= 15 is 0 Å². The smallest absolute Gasteiger partial charge is 0.151 e. The maximum absolute atomic E-state index is 12.6. The summed E-state index contributed by atoms with van der Waals surface area (Å²) in [6.07, 6.45) is 3.43. The number of hydrogen-bond donors (Lipinski definition) is 0. The van der Waals surface area contributed by atoms with Crippen molar-refractivity contribution in [3.63, 3.8) is 0 Å². The van der Waals surface area contributed by atoms with Crippen LogP contribution in [0.5, 0.6) is 0 Å². The van der Waals surface area contributed by atoms with Crippen LogP contribution in [0.25, 0.3) is 0 Å². The molecule has 0 amide bonds. The first-order chi connectivity index (χ1) is 7.74. The zero-order chi connectivity index (χ0) is 11.4. The van der Waals surface area contributed by atoms with Crippen molar-refractivity contribution in [2.75, 3.05) is 0 Å². The summed E-state index contributed by atoms with van der Waals surface area (Å²) in [6, 6.07) is 9.95. The Labute approximate surface area is 93.5 Å². The van der Waals surface area contributed by atoms with Gasteiger partial charge in [0.05, 0.1) is 0 Å². The Morgan fingerprint density at radius 2 is 1.88 bits per heavy atom. The van der Waals surface area contributed by atoms with Crippen molar-refractivity contribution < 1.29 is 4.39 Å². The summed E-state index contributed by atoms with van der Waals surface area (Å²) in [5.41, 5.74) is 1.95. The quantitative estimate of drug-likeness (QED) is 0.704. The standard InChI is InChI=1S/C13H11FN2/c1-10-2-7-13(15-8-10)16-9-11-3-5-12(14)6-4-11/h2-9H,1H3. The predicted octanol–water partition coefficient (Wildman–Crippen LogP) is 3.28. The number of benzene rings is 1. The van der Waals surface area contributed by atoms with E-state index in [1.165, 1.54) is 12.1 Å². The second kappa shape index (κ2) is 4.66. The van der Waals surface area contributed by atoms with Crippen LogP contribution >= 0.6 is 0 Å². The van der Waals surface area contributed by atoms with Gasteiger partial charge < -0.3 is 0 Å². The lowest BCUT2D eigenvalue weighted by Gasteiger charge is -1.94. The van der Waals surface area contributed by atoms with E-state index in [1.54, 1.807) is 24.5 Å². The molecular weight excluding hydrogens is 203 g/mol. The Bertz CT molecular complexity index is 439. The number of pyridine rings is 1. The summed E-state index contributed by atoms with van der Waals surface area (Å²) in [4.78, 5) is 8.33. The highest BCUT2D eigenvalue weighted by Crippen LogP contribution is 2.08. The molecule has 0 aliphatic carbocycles. The molecule has 0 saturated heterocycles. The summed E-state index contributed by atoms with van der Waals surface area (Å²) >= 11 is 0. The first kappa shape index (κ1) is 10.5. The molecule has 1 aromatic carbocycles. The minimum Gasteiger partial charge on any atom is -0.237 e.